The van der Waals surface area contributed by atoms with Crippen LogP contribution in [-0.2, 0) is 4.79 Å². The highest BCUT2D eigenvalue weighted by molar-refractivity contribution is 5.94. The Hall–Kier alpha value is -3.01. The average Bonchev–Trinajstić information content (AvgIpc) is 2.79. The molecule has 0 amide bonds. The van der Waals surface area contributed by atoms with E-state index in [0.29, 0.717) is 17.7 Å². The van der Waals surface area contributed by atoms with Gasteiger partial charge < -0.3 is 14.7 Å². The Balaban J connectivity index is 1.52. The molecule has 2 unspecified atom stereocenters. The highest BCUT2D eigenvalue weighted by Crippen LogP contribution is 2.38. The Morgan fingerprint density at radius 3 is 2.57 bits per heavy atom. The summed E-state index contributed by atoms with van der Waals surface area (Å²) >= 11 is 0. The quantitative estimate of drug-likeness (QED) is 0.537. The van der Waals surface area contributed by atoms with Crippen LogP contribution < -0.4 is 9.64 Å². The molecule has 1 saturated carbocycles. The van der Waals surface area contributed by atoms with E-state index in [0.717, 1.165) is 13.0 Å². The summed E-state index contributed by atoms with van der Waals surface area (Å²) in [6, 6.07) is 23.7. The lowest BCUT2D eigenvalue weighted by molar-refractivity contribution is -0.139. The second-order valence-corrected chi connectivity index (χ2v) is 8.05. The monoisotopic (exact) mass is 403 g/mol. The maximum absolute atomic E-state index is 10.7. The number of aliphatic carboxylic acids is 1. The molecule has 0 saturated heterocycles. The number of hydrogen-bond donors (Lipinski definition) is 1. The molecule has 1 N–H and O–H groups in total. The van der Waals surface area contributed by atoms with Crippen LogP contribution in [0.1, 0.15) is 44.1 Å². The van der Waals surface area contributed by atoms with E-state index in [2.05, 4.69) is 66.4 Å². The third-order valence-corrected chi connectivity index (χ3v) is 6.22. The molecule has 3 aromatic rings. The van der Waals surface area contributed by atoms with Crippen molar-refractivity contribution in [1.29, 1.82) is 0 Å². The fourth-order valence-electron chi connectivity index (χ4n) is 4.82. The van der Waals surface area contributed by atoms with Crippen LogP contribution in [0.3, 0.4) is 0 Å². The summed E-state index contributed by atoms with van der Waals surface area (Å²) in [4.78, 5) is 13.3. The number of carboxylic acid groups (broad SMARTS) is 1. The highest BCUT2D eigenvalue weighted by atomic mass is 16.5. The summed E-state index contributed by atoms with van der Waals surface area (Å²) < 4.78 is 5.28. The first-order valence-corrected chi connectivity index (χ1v) is 10.8. The van der Waals surface area contributed by atoms with Crippen molar-refractivity contribution in [2.24, 2.45) is 0 Å². The normalized spacial score (nSPS) is 18.8. The molecule has 0 radical (unpaired) electrons. The second-order valence-electron chi connectivity index (χ2n) is 8.05. The molecule has 2 atom stereocenters. The SMILES string of the molecule is CCN(c1cccc2ccccc12)C1CCCC(c2ccc(OCC(=O)O)cc2)C1. The van der Waals surface area contributed by atoms with Gasteiger partial charge in [-0.3, -0.25) is 0 Å². The van der Waals surface area contributed by atoms with Crippen molar-refractivity contribution in [1.82, 2.24) is 0 Å². The van der Waals surface area contributed by atoms with Crippen LogP contribution in [0, 0.1) is 0 Å². The first kappa shape index (κ1) is 20.3. The molecular formula is C26H29NO3. The van der Waals surface area contributed by atoms with Gasteiger partial charge in [-0.15, -0.1) is 0 Å². The molecule has 0 bridgehead atoms. The summed E-state index contributed by atoms with van der Waals surface area (Å²) in [5, 5.41) is 11.4. The number of nitrogens with zero attached hydrogens (tertiary/aromatic N) is 1. The number of ether oxygens (including phenoxy) is 1. The summed E-state index contributed by atoms with van der Waals surface area (Å²) in [5.41, 5.74) is 2.65. The predicted octanol–water partition coefficient (Wildman–Crippen LogP) is 5.86. The van der Waals surface area contributed by atoms with Crippen molar-refractivity contribution in [3.8, 4) is 5.75 Å². The van der Waals surface area contributed by atoms with E-state index in [9.17, 15) is 4.79 Å². The van der Waals surface area contributed by atoms with Crippen molar-refractivity contribution in [3.05, 3.63) is 72.3 Å². The van der Waals surface area contributed by atoms with E-state index in [1.807, 2.05) is 12.1 Å². The van der Waals surface area contributed by atoms with Crippen molar-refractivity contribution in [3.63, 3.8) is 0 Å². The minimum absolute atomic E-state index is 0.304. The first-order chi connectivity index (χ1) is 14.7. The van der Waals surface area contributed by atoms with Crippen LogP contribution in [0.5, 0.6) is 5.75 Å². The van der Waals surface area contributed by atoms with Crippen molar-refractivity contribution in [2.45, 2.75) is 44.6 Å². The zero-order valence-electron chi connectivity index (χ0n) is 17.5. The molecule has 4 heteroatoms. The van der Waals surface area contributed by atoms with Crippen molar-refractivity contribution < 1.29 is 14.6 Å². The number of hydrogen-bond acceptors (Lipinski definition) is 3. The molecule has 3 aromatic carbocycles. The van der Waals surface area contributed by atoms with Gasteiger partial charge in [0, 0.05) is 23.7 Å². The maximum atomic E-state index is 10.7. The molecular weight excluding hydrogens is 374 g/mol. The Morgan fingerprint density at radius 2 is 1.80 bits per heavy atom. The molecule has 156 valence electrons. The van der Waals surface area contributed by atoms with Crippen LogP contribution in [0.15, 0.2) is 66.7 Å². The smallest absolute Gasteiger partial charge is 0.341 e. The number of anilines is 1. The van der Waals surface area contributed by atoms with Crippen LogP contribution >= 0.6 is 0 Å². The molecule has 0 aliphatic heterocycles. The topological polar surface area (TPSA) is 49.8 Å². The molecule has 1 aliphatic rings. The summed E-state index contributed by atoms with van der Waals surface area (Å²) in [6.45, 7) is 2.94. The predicted molar refractivity (Wildman–Crippen MR) is 122 cm³/mol. The Labute approximate surface area is 178 Å². The van der Waals surface area contributed by atoms with Gasteiger partial charge in [0.25, 0.3) is 0 Å². The van der Waals surface area contributed by atoms with Crippen LogP contribution in [0.25, 0.3) is 10.8 Å². The van der Waals surface area contributed by atoms with Gasteiger partial charge in [0.1, 0.15) is 5.75 Å². The van der Waals surface area contributed by atoms with Gasteiger partial charge in [0.15, 0.2) is 6.61 Å². The Morgan fingerprint density at radius 1 is 1.03 bits per heavy atom. The average molecular weight is 404 g/mol. The first-order valence-electron chi connectivity index (χ1n) is 10.8. The minimum atomic E-state index is -0.956. The summed E-state index contributed by atoms with van der Waals surface area (Å²) in [6.07, 6.45) is 4.76. The standard InChI is InChI=1S/C26H29NO3/c1-2-27(25-12-6-8-20-7-3-4-11-24(20)25)22-10-5-9-21(17-22)19-13-15-23(16-14-19)30-18-26(28)29/h3-4,6-8,11-16,21-22H,2,5,9-10,17-18H2,1H3,(H,28,29). The number of fused-ring (bicyclic) bond motifs is 1. The largest absolute Gasteiger partial charge is 0.482 e. The van der Waals surface area contributed by atoms with Gasteiger partial charge in [0.2, 0.25) is 0 Å². The third kappa shape index (κ3) is 4.43. The number of carbonyl (C=O) groups is 1. The third-order valence-electron chi connectivity index (χ3n) is 6.22. The van der Waals surface area contributed by atoms with Crippen LogP contribution in [0.2, 0.25) is 0 Å². The second kappa shape index (κ2) is 9.21. The van der Waals surface area contributed by atoms with Crippen molar-refractivity contribution >= 4 is 22.4 Å². The summed E-state index contributed by atoms with van der Waals surface area (Å²) in [7, 11) is 0. The van der Waals surface area contributed by atoms with Crippen LogP contribution in [-0.4, -0.2) is 30.3 Å². The lowest BCUT2D eigenvalue weighted by Crippen LogP contribution is -2.38. The number of benzene rings is 3. The molecule has 30 heavy (non-hydrogen) atoms. The van der Waals surface area contributed by atoms with Gasteiger partial charge >= 0.3 is 5.97 Å². The molecule has 4 nitrogen and oxygen atoms in total. The van der Waals surface area contributed by atoms with Gasteiger partial charge in [-0.2, -0.15) is 0 Å². The molecule has 1 aliphatic carbocycles. The van der Waals surface area contributed by atoms with E-state index >= 15 is 0 Å². The molecule has 0 spiro atoms. The zero-order valence-corrected chi connectivity index (χ0v) is 17.5. The molecule has 4 rings (SSSR count). The Kier molecular flexibility index (Phi) is 6.22. The zero-order chi connectivity index (χ0) is 20.9. The van der Waals surface area contributed by atoms with Gasteiger partial charge in [0.05, 0.1) is 0 Å². The molecule has 1 fully saturated rings. The molecule has 0 heterocycles. The fourth-order valence-corrected chi connectivity index (χ4v) is 4.82. The lowest BCUT2D eigenvalue weighted by atomic mass is 9.80. The van der Waals surface area contributed by atoms with Crippen molar-refractivity contribution in [2.75, 3.05) is 18.1 Å². The minimum Gasteiger partial charge on any atom is -0.482 e. The van der Waals surface area contributed by atoms with E-state index in [4.69, 9.17) is 9.84 Å². The van der Waals surface area contributed by atoms with Crippen LogP contribution in [0.4, 0.5) is 5.69 Å². The molecule has 0 aromatic heterocycles. The van der Waals surface area contributed by atoms with E-state index in [1.165, 1.54) is 41.3 Å². The number of carboxylic acids is 1. The van der Waals surface area contributed by atoms with E-state index in [-0.39, 0.29) is 6.61 Å². The van der Waals surface area contributed by atoms with Gasteiger partial charge in [-0.1, -0.05) is 55.0 Å². The lowest BCUT2D eigenvalue weighted by Gasteiger charge is -2.39. The van der Waals surface area contributed by atoms with E-state index in [1.54, 1.807) is 0 Å². The maximum Gasteiger partial charge on any atom is 0.341 e. The van der Waals surface area contributed by atoms with Gasteiger partial charge in [-0.25, -0.2) is 4.79 Å². The summed E-state index contributed by atoms with van der Waals surface area (Å²) in [5.74, 6) is 0.169. The Bertz CT molecular complexity index is 993. The van der Waals surface area contributed by atoms with Gasteiger partial charge in [-0.05, 0) is 61.3 Å². The van der Waals surface area contributed by atoms with E-state index < -0.39 is 5.97 Å². The number of rotatable bonds is 7. The fraction of sp³-hybridized carbons (Fsp3) is 0.346. The highest BCUT2D eigenvalue weighted by Gasteiger charge is 2.28.